The molecule has 0 aliphatic rings. The fourth-order valence-corrected chi connectivity index (χ4v) is 2.30. The van der Waals surface area contributed by atoms with Crippen LogP contribution < -0.4 is 0 Å². The molecule has 0 fully saturated rings. The fourth-order valence-electron chi connectivity index (χ4n) is 2.30. The van der Waals surface area contributed by atoms with Crippen molar-refractivity contribution in [1.82, 2.24) is 0 Å². The molecule has 0 bridgehead atoms. The van der Waals surface area contributed by atoms with Crippen molar-refractivity contribution in [3.05, 3.63) is 35.4 Å². The zero-order valence-corrected chi connectivity index (χ0v) is 11.7. The summed E-state index contributed by atoms with van der Waals surface area (Å²) in [5, 5.41) is 0. The highest BCUT2D eigenvalue weighted by molar-refractivity contribution is 5.26. The van der Waals surface area contributed by atoms with Gasteiger partial charge in [0.15, 0.2) is 0 Å². The Hall–Kier alpha value is -0.780. The molecule has 0 aromatic heterocycles. The molecule has 0 aliphatic heterocycles. The summed E-state index contributed by atoms with van der Waals surface area (Å²) in [6.45, 7) is 13.8. The van der Waals surface area contributed by atoms with Crippen molar-refractivity contribution >= 4 is 0 Å². The SMILES string of the molecule is Cc1cccc(C(CC(C)(C)C)C(C)C)c1. The Morgan fingerprint density at radius 1 is 1.12 bits per heavy atom. The monoisotopic (exact) mass is 218 g/mol. The summed E-state index contributed by atoms with van der Waals surface area (Å²) in [4.78, 5) is 0. The zero-order chi connectivity index (χ0) is 12.3. The second-order valence-corrected chi connectivity index (χ2v) is 6.53. The normalized spacial score (nSPS) is 14.2. The fraction of sp³-hybridized carbons (Fsp3) is 0.625. The third kappa shape index (κ3) is 4.00. The van der Waals surface area contributed by atoms with Gasteiger partial charge in [0.1, 0.15) is 0 Å². The summed E-state index contributed by atoms with van der Waals surface area (Å²) >= 11 is 0. The predicted molar refractivity (Wildman–Crippen MR) is 72.8 cm³/mol. The van der Waals surface area contributed by atoms with Crippen LogP contribution in [0.2, 0.25) is 0 Å². The molecule has 0 heteroatoms. The van der Waals surface area contributed by atoms with Crippen molar-refractivity contribution in [2.75, 3.05) is 0 Å². The minimum atomic E-state index is 0.401. The Morgan fingerprint density at radius 3 is 2.19 bits per heavy atom. The number of benzene rings is 1. The number of hydrogen-bond donors (Lipinski definition) is 0. The first kappa shape index (κ1) is 13.3. The first-order valence-corrected chi connectivity index (χ1v) is 6.36. The van der Waals surface area contributed by atoms with Gasteiger partial charge in [0.25, 0.3) is 0 Å². The molecule has 0 nitrogen and oxygen atoms in total. The van der Waals surface area contributed by atoms with E-state index in [4.69, 9.17) is 0 Å². The lowest BCUT2D eigenvalue weighted by Crippen LogP contribution is -2.16. The highest BCUT2D eigenvalue weighted by atomic mass is 14.3. The maximum Gasteiger partial charge on any atom is -0.0134 e. The summed E-state index contributed by atoms with van der Waals surface area (Å²) in [6, 6.07) is 8.99. The van der Waals surface area contributed by atoms with E-state index in [0.29, 0.717) is 17.3 Å². The minimum Gasteiger partial charge on any atom is -0.0622 e. The van der Waals surface area contributed by atoms with E-state index in [0.717, 1.165) is 0 Å². The highest BCUT2D eigenvalue weighted by Gasteiger charge is 2.22. The van der Waals surface area contributed by atoms with Crippen LogP contribution in [0.25, 0.3) is 0 Å². The lowest BCUT2D eigenvalue weighted by atomic mass is 9.76. The second-order valence-electron chi connectivity index (χ2n) is 6.53. The molecule has 0 saturated heterocycles. The van der Waals surface area contributed by atoms with Crippen molar-refractivity contribution in [3.63, 3.8) is 0 Å². The second kappa shape index (κ2) is 5.03. The van der Waals surface area contributed by atoms with Gasteiger partial charge in [-0.1, -0.05) is 64.4 Å². The smallest absolute Gasteiger partial charge is 0.0134 e. The van der Waals surface area contributed by atoms with E-state index in [9.17, 15) is 0 Å². The lowest BCUT2D eigenvalue weighted by molar-refractivity contribution is 0.301. The average molecular weight is 218 g/mol. The number of hydrogen-bond acceptors (Lipinski definition) is 0. The van der Waals surface area contributed by atoms with Gasteiger partial charge in [-0.3, -0.25) is 0 Å². The first-order valence-electron chi connectivity index (χ1n) is 6.36. The molecule has 1 aromatic rings. The van der Waals surface area contributed by atoms with Crippen LogP contribution in [0.4, 0.5) is 0 Å². The van der Waals surface area contributed by atoms with Gasteiger partial charge >= 0.3 is 0 Å². The van der Waals surface area contributed by atoms with Crippen LogP contribution in [0.5, 0.6) is 0 Å². The van der Waals surface area contributed by atoms with E-state index in [1.54, 1.807) is 0 Å². The van der Waals surface area contributed by atoms with E-state index >= 15 is 0 Å². The van der Waals surface area contributed by atoms with Crippen LogP contribution in [0.15, 0.2) is 24.3 Å². The summed E-state index contributed by atoms with van der Waals surface area (Å²) in [7, 11) is 0. The Balaban J connectivity index is 2.94. The van der Waals surface area contributed by atoms with Crippen molar-refractivity contribution in [2.24, 2.45) is 11.3 Å². The molecule has 0 N–H and O–H groups in total. The molecule has 1 rings (SSSR count). The Morgan fingerprint density at radius 2 is 1.75 bits per heavy atom. The maximum atomic E-state index is 2.34. The van der Waals surface area contributed by atoms with Crippen LogP contribution in [0.3, 0.4) is 0 Å². The lowest BCUT2D eigenvalue weighted by Gasteiger charge is -2.29. The number of aryl methyl sites for hydroxylation is 1. The average Bonchev–Trinajstić information content (AvgIpc) is 2.12. The first-order chi connectivity index (χ1) is 7.29. The largest absolute Gasteiger partial charge is 0.0622 e. The Kier molecular flexibility index (Phi) is 4.18. The van der Waals surface area contributed by atoms with Crippen molar-refractivity contribution in [2.45, 2.75) is 53.9 Å². The van der Waals surface area contributed by atoms with E-state index in [1.807, 2.05) is 0 Å². The highest BCUT2D eigenvalue weighted by Crippen LogP contribution is 2.36. The molecule has 0 aliphatic carbocycles. The summed E-state index contributed by atoms with van der Waals surface area (Å²) in [6.07, 6.45) is 1.26. The van der Waals surface area contributed by atoms with Crippen LogP contribution >= 0.6 is 0 Å². The molecule has 0 amide bonds. The minimum absolute atomic E-state index is 0.401. The van der Waals surface area contributed by atoms with Crippen LogP contribution in [0, 0.1) is 18.3 Å². The maximum absolute atomic E-state index is 2.34. The molecule has 0 saturated carbocycles. The molecular formula is C16H26. The standard InChI is InChI=1S/C16H26/c1-12(2)15(11-16(4,5)6)14-9-7-8-13(3)10-14/h7-10,12,15H,11H2,1-6H3. The van der Waals surface area contributed by atoms with E-state index in [2.05, 4.69) is 65.8 Å². The van der Waals surface area contributed by atoms with Crippen molar-refractivity contribution in [3.8, 4) is 0 Å². The Labute approximate surface area is 101 Å². The summed E-state index contributed by atoms with van der Waals surface area (Å²) in [5.74, 6) is 1.39. The molecule has 1 atom stereocenters. The molecule has 0 heterocycles. The van der Waals surface area contributed by atoms with Gasteiger partial charge in [-0.05, 0) is 36.2 Å². The van der Waals surface area contributed by atoms with Crippen molar-refractivity contribution in [1.29, 1.82) is 0 Å². The van der Waals surface area contributed by atoms with Gasteiger partial charge in [0, 0.05) is 0 Å². The molecule has 1 unspecified atom stereocenters. The van der Waals surface area contributed by atoms with Gasteiger partial charge in [0.2, 0.25) is 0 Å². The van der Waals surface area contributed by atoms with Gasteiger partial charge < -0.3 is 0 Å². The molecule has 0 radical (unpaired) electrons. The van der Waals surface area contributed by atoms with E-state index in [-0.39, 0.29) is 0 Å². The van der Waals surface area contributed by atoms with Gasteiger partial charge in [-0.2, -0.15) is 0 Å². The summed E-state index contributed by atoms with van der Waals surface area (Å²) in [5.41, 5.74) is 3.28. The summed E-state index contributed by atoms with van der Waals surface area (Å²) < 4.78 is 0. The van der Waals surface area contributed by atoms with Gasteiger partial charge in [-0.15, -0.1) is 0 Å². The predicted octanol–water partition coefficient (Wildman–Crippen LogP) is 5.17. The zero-order valence-electron chi connectivity index (χ0n) is 11.7. The van der Waals surface area contributed by atoms with E-state index in [1.165, 1.54) is 17.5 Å². The van der Waals surface area contributed by atoms with Crippen LogP contribution in [-0.4, -0.2) is 0 Å². The third-order valence-electron chi connectivity index (χ3n) is 3.11. The van der Waals surface area contributed by atoms with Crippen molar-refractivity contribution < 1.29 is 0 Å². The molecular weight excluding hydrogens is 192 g/mol. The molecule has 1 aromatic carbocycles. The molecule has 90 valence electrons. The quantitative estimate of drug-likeness (QED) is 0.656. The molecule has 0 spiro atoms. The van der Waals surface area contributed by atoms with E-state index < -0.39 is 0 Å². The van der Waals surface area contributed by atoms with Gasteiger partial charge in [-0.25, -0.2) is 0 Å². The Bertz CT molecular complexity index is 328. The number of rotatable bonds is 3. The van der Waals surface area contributed by atoms with Crippen LogP contribution in [-0.2, 0) is 0 Å². The van der Waals surface area contributed by atoms with Gasteiger partial charge in [0.05, 0.1) is 0 Å². The third-order valence-corrected chi connectivity index (χ3v) is 3.11. The topological polar surface area (TPSA) is 0 Å². The van der Waals surface area contributed by atoms with Crippen LogP contribution in [0.1, 0.15) is 58.1 Å². The molecule has 16 heavy (non-hydrogen) atoms.